The average Bonchev–Trinajstić information content (AvgIpc) is 2.85. The summed E-state index contributed by atoms with van der Waals surface area (Å²) in [5.41, 5.74) is 0.715. The summed E-state index contributed by atoms with van der Waals surface area (Å²) in [4.78, 5) is 12.7. The van der Waals surface area contributed by atoms with E-state index in [0.29, 0.717) is 28.7 Å². The summed E-state index contributed by atoms with van der Waals surface area (Å²) >= 11 is 12.2. The van der Waals surface area contributed by atoms with Crippen LogP contribution in [0.4, 0.5) is 17.1 Å². The number of nitrogens with one attached hydrogen (secondary N) is 1. The van der Waals surface area contributed by atoms with Crippen LogP contribution in [0, 0.1) is 6.92 Å². The van der Waals surface area contributed by atoms with Crippen LogP contribution in [0.3, 0.4) is 0 Å². The first kappa shape index (κ1) is 27.3. The van der Waals surface area contributed by atoms with Crippen LogP contribution in [0.15, 0.2) is 75.8 Å². The van der Waals surface area contributed by atoms with Gasteiger partial charge in [0, 0.05) is 11.5 Å². The van der Waals surface area contributed by atoms with E-state index in [0.717, 1.165) is 6.07 Å². The molecule has 0 saturated carbocycles. The predicted molar refractivity (Wildman–Crippen MR) is 146 cm³/mol. The lowest BCUT2D eigenvalue weighted by Crippen LogP contribution is -2.12. The number of rotatable bonds is 7. The van der Waals surface area contributed by atoms with Crippen molar-refractivity contribution in [1.29, 1.82) is 0 Å². The lowest BCUT2D eigenvalue weighted by molar-refractivity contribution is 0.102. The zero-order chi connectivity index (χ0) is 27.6. The number of hydrogen-bond acceptors (Lipinski definition) is 7. The molecule has 196 valence electrons. The van der Waals surface area contributed by atoms with Crippen LogP contribution in [-0.2, 0) is 10.1 Å². The van der Waals surface area contributed by atoms with Crippen LogP contribution in [-0.4, -0.2) is 30.6 Å². The Hall–Kier alpha value is -3.70. The Morgan fingerprint density at radius 2 is 1.76 bits per heavy atom. The highest BCUT2D eigenvalue weighted by atomic mass is 35.5. The fourth-order valence-corrected chi connectivity index (χ4v) is 4.93. The number of amides is 1. The third-order valence-corrected chi connectivity index (χ3v) is 7.17. The van der Waals surface area contributed by atoms with E-state index in [2.05, 4.69) is 15.5 Å². The second-order valence-corrected chi connectivity index (χ2v) is 10.3. The van der Waals surface area contributed by atoms with E-state index in [4.69, 9.17) is 27.9 Å². The molecule has 0 unspecified atom stereocenters. The van der Waals surface area contributed by atoms with Gasteiger partial charge < -0.3 is 15.2 Å². The molecule has 0 fully saturated rings. The molecule has 0 heterocycles. The maximum atomic E-state index is 13.2. The number of azo groups is 1. The van der Waals surface area contributed by atoms with Crippen molar-refractivity contribution in [3.05, 3.63) is 81.8 Å². The second kappa shape index (κ2) is 11.0. The van der Waals surface area contributed by atoms with Crippen LogP contribution in [0.1, 0.15) is 22.8 Å². The number of carbonyl (C=O) groups excluding carboxylic acids is 1. The zero-order valence-corrected chi connectivity index (χ0v) is 22.4. The number of fused-ring (bicyclic) bond motifs is 1. The number of aryl methyl sites for hydroxylation is 1. The molecule has 4 aromatic rings. The maximum Gasteiger partial charge on any atom is 0.296 e. The van der Waals surface area contributed by atoms with Crippen LogP contribution in [0.5, 0.6) is 11.5 Å². The molecule has 0 radical (unpaired) electrons. The molecule has 12 heteroatoms. The highest BCUT2D eigenvalue weighted by molar-refractivity contribution is 7.86. The number of carbonyl (C=O) groups is 1. The monoisotopic (exact) mass is 573 g/mol. The van der Waals surface area contributed by atoms with Crippen LogP contribution >= 0.6 is 23.2 Å². The van der Waals surface area contributed by atoms with Crippen molar-refractivity contribution < 1.29 is 27.6 Å². The van der Waals surface area contributed by atoms with Gasteiger partial charge in [-0.05, 0) is 55.1 Å². The smallest absolute Gasteiger partial charge is 0.296 e. The minimum atomic E-state index is -4.61. The number of phenolic OH excluding ortho intramolecular Hbond substituents is 1. The van der Waals surface area contributed by atoms with Gasteiger partial charge in [-0.3, -0.25) is 9.35 Å². The molecule has 9 nitrogen and oxygen atoms in total. The van der Waals surface area contributed by atoms with Gasteiger partial charge in [-0.15, -0.1) is 5.11 Å². The summed E-state index contributed by atoms with van der Waals surface area (Å²) < 4.78 is 38.3. The Morgan fingerprint density at radius 1 is 1.03 bits per heavy atom. The van der Waals surface area contributed by atoms with E-state index < -0.39 is 26.7 Å². The van der Waals surface area contributed by atoms with Crippen molar-refractivity contribution in [2.24, 2.45) is 10.2 Å². The molecule has 1 amide bonds. The van der Waals surface area contributed by atoms with Gasteiger partial charge in [0.05, 0.1) is 33.6 Å². The quantitative estimate of drug-likeness (QED) is 0.155. The first-order chi connectivity index (χ1) is 18.0. The number of ether oxygens (including phenoxy) is 1. The molecule has 3 N–H and O–H groups in total. The standard InChI is InChI=1S/C26H21Cl2N3O6S/c1-3-37-16-8-9-19(27)22(12-16)29-26(33)18-11-15-6-4-5-7-17(15)24(25(18)32)31-30-21-13-23(38(34,35)36)20(28)10-14(21)2/h4-13,32H,3H2,1-2H3,(H,29,33)(H,34,35,36). The summed E-state index contributed by atoms with van der Waals surface area (Å²) in [6.45, 7) is 3.87. The van der Waals surface area contributed by atoms with E-state index in [1.807, 2.05) is 6.92 Å². The Morgan fingerprint density at radius 3 is 2.47 bits per heavy atom. The van der Waals surface area contributed by atoms with E-state index in [9.17, 15) is 22.9 Å². The molecular formula is C26H21Cl2N3O6S. The van der Waals surface area contributed by atoms with E-state index in [1.165, 1.54) is 12.1 Å². The lowest BCUT2D eigenvalue weighted by Gasteiger charge is -2.13. The molecule has 4 rings (SSSR count). The normalized spacial score (nSPS) is 11.7. The van der Waals surface area contributed by atoms with E-state index >= 15 is 0 Å². The van der Waals surface area contributed by atoms with E-state index in [-0.39, 0.29) is 32.7 Å². The van der Waals surface area contributed by atoms with Gasteiger partial charge in [0.15, 0.2) is 5.75 Å². The maximum absolute atomic E-state index is 13.2. The zero-order valence-electron chi connectivity index (χ0n) is 20.1. The molecular weight excluding hydrogens is 553 g/mol. The molecule has 0 aliphatic rings. The Bertz CT molecular complexity index is 1710. The Kier molecular flexibility index (Phi) is 7.89. The van der Waals surface area contributed by atoms with Gasteiger partial charge >= 0.3 is 0 Å². The largest absolute Gasteiger partial charge is 0.505 e. The topological polar surface area (TPSA) is 138 Å². The van der Waals surface area contributed by atoms with Crippen molar-refractivity contribution in [2.45, 2.75) is 18.7 Å². The van der Waals surface area contributed by atoms with Gasteiger partial charge in [0.25, 0.3) is 16.0 Å². The van der Waals surface area contributed by atoms with Crippen molar-refractivity contribution >= 4 is 67.1 Å². The Labute approximate surface area is 228 Å². The third-order valence-electron chi connectivity index (χ3n) is 5.52. The molecule has 0 aliphatic heterocycles. The van der Waals surface area contributed by atoms with E-state index in [1.54, 1.807) is 49.4 Å². The third kappa shape index (κ3) is 5.73. The number of benzene rings is 4. The second-order valence-electron chi connectivity index (χ2n) is 8.12. The van der Waals surface area contributed by atoms with Gasteiger partial charge in [-0.2, -0.15) is 13.5 Å². The van der Waals surface area contributed by atoms with Gasteiger partial charge in [-0.25, -0.2) is 0 Å². The molecule has 38 heavy (non-hydrogen) atoms. The number of aromatic hydroxyl groups is 1. The molecule has 0 spiro atoms. The van der Waals surface area contributed by atoms with Crippen LogP contribution < -0.4 is 10.1 Å². The fourth-order valence-electron chi connectivity index (χ4n) is 3.69. The van der Waals surface area contributed by atoms with Crippen LogP contribution in [0.25, 0.3) is 10.8 Å². The first-order valence-corrected chi connectivity index (χ1v) is 13.4. The van der Waals surface area contributed by atoms with Crippen LogP contribution in [0.2, 0.25) is 10.0 Å². The summed E-state index contributed by atoms with van der Waals surface area (Å²) in [5.74, 6) is -0.604. The summed E-state index contributed by atoms with van der Waals surface area (Å²) in [6.07, 6.45) is 0. The minimum Gasteiger partial charge on any atom is -0.505 e. The molecule has 0 aliphatic carbocycles. The van der Waals surface area contributed by atoms with Gasteiger partial charge in [-0.1, -0.05) is 47.5 Å². The summed E-state index contributed by atoms with van der Waals surface area (Å²) in [7, 11) is -4.61. The molecule has 4 aromatic carbocycles. The van der Waals surface area contributed by atoms with Gasteiger partial charge in [0.1, 0.15) is 16.3 Å². The predicted octanol–water partition coefficient (Wildman–Crippen LogP) is 7.47. The lowest BCUT2D eigenvalue weighted by atomic mass is 10.0. The minimum absolute atomic E-state index is 0.0230. The Balaban J connectivity index is 1.79. The van der Waals surface area contributed by atoms with Crippen molar-refractivity contribution in [3.8, 4) is 11.5 Å². The van der Waals surface area contributed by atoms with Crippen molar-refractivity contribution in [1.82, 2.24) is 0 Å². The number of phenols is 1. The number of hydrogen-bond donors (Lipinski definition) is 3. The molecule has 0 atom stereocenters. The molecule has 0 saturated heterocycles. The number of halogens is 2. The van der Waals surface area contributed by atoms with Crippen molar-refractivity contribution in [2.75, 3.05) is 11.9 Å². The molecule has 0 aromatic heterocycles. The fraction of sp³-hybridized carbons (Fsp3) is 0.115. The number of anilines is 1. The number of nitrogens with zero attached hydrogens (tertiary/aromatic N) is 2. The highest BCUT2D eigenvalue weighted by Crippen LogP contribution is 2.41. The summed E-state index contributed by atoms with van der Waals surface area (Å²) in [5, 5.41) is 23.2. The molecule has 0 bridgehead atoms. The van der Waals surface area contributed by atoms with Crippen molar-refractivity contribution in [3.63, 3.8) is 0 Å². The average molecular weight is 574 g/mol. The highest BCUT2D eigenvalue weighted by Gasteiger charge is 2.21. The first-order valence-electron chi connectivity index (χ1n) is 11.2. The SMILES string of the molecule is CCOc1ccc(Cl)c(NC(=O)c2cc3ccccc3c(N=Nc3cc(S(=O)(=O)O)c(Cl)cc3C)c2O)c1. The van der Waals surface area contributed by atoms with Gasteiger partial charge in [0.2, 0.25) is 0 Å². The summed E-state index contributed by atoms with van der Waals surface area (Å²) in [6, 6.07) is 15.6.